The minimum atomic E-state index is -2.82. The number of nitrogens with zero attached hydrogens (tertiary/aromatic N) is 1. The molecule has 5 nitrogen and oxygen atoms in total. The fourth-order valence-electron chi connectivity index (χ4n) is 3.52. The highest BCUT2D eigenvalue weighted by molar-refractivity contribution is 8.00. The molecule has 2 fully saturated rings. The zero-order chi connectivity index (χ0) is 17.2. The predicted octanol–water partition coefficient (Wildman–Crippen LogP) is 0.00132. The summed E-state index contributed by atoms with van der Waals surface area (Å²) in [6.45, 7) is 5.25. The van der Waals surface area contributed by atoms with Crippen molar-refractivity contribution in [3.05, 3.63) is 29.8 Å². The van der Waals surface area contributed by atoms with Crippen molar-refractivity contribution in [3.63, 3.8) is 0 Å². The molecule has 1 amide bonds. The molecule has 0 saturated carbocycles. The summed E-state index contributed by atoms with van der Waals surface area (Å²) in [6, 6.07) is 8.35. The second-order valence-corrected chi connectivity index (χ2v) is 9.94. The van der Waals surface area contributed by atoms with Gasteiger partial charge in [-0.15, -0.1) is 11.8 Å². The number of thioether (sulfide) groups is 1. The van der Waals surface area contributed by atoms with E-state index < -0.39 is 9.84 Å². The monoisotopic (exact) mass is 369 g/mol. The van der Waals surface area contributed by atoms with Crippen molar-refractivity contribution in [2.24, 2.45) is 0 Å². The van der Waals surface area contributed by atoms with Crippen molar-refractivity contribution in [1.29, 1.82) is 0 Å². The average molecular weight is 370 g/mol. The Morgan fingerprint density at radius 3 is 2.62 bits per heavy atom. The highest BCUT2D eigenvalue weighted by Crippen LogP contribution is 2.22. The maximum Gasteiger partial charge on any atom is 0.233 e. The van der Waals surface area contributed by atoms with Gasteiger partial charge >= 0.3 is 0 Å². The van der Waals surface area contributed by atoms with Gasteiger partial charge in [0.15, 0.2) is 9.84 Å². The number of carbonyl (C=O) groups excluding carboxylic acids is 1. The lowest BCUT2D eigenvalue weighted by molar-refractivity contribution is -0.925. The van der Waals surface area contributed by atoms with Crippen LogP contribution in [0.15, 0.2) is 29.2 Å². The fourth-order valence-corrected chi connectivity index (χ4v) is 6.28. The molecule has 2 heterocycles. The number of hydrogen-bond acceptors (Lipinski definition) is 4. The minimum Gasteiger partial charge on any atom is -0.331 e. The lowest BCUT2D eigenvalue weighted by atomic mass is 10.2. The van der Waals surface area contributed by atoms with Gasteiger partial charge in [-0.2, -0.15) is 0 Å². The Labute approximate surface area is 148 Å². The van der Waals surface area contributed by atoms with E-state index in [0.29, 0.717) is 17.3 Å². The van der Waals surface area contributed by atoms with Gasteiger partial charge in [0.25, 0.3) is 0 Å². The van der Waals surface area contributed by atoms with Crippen LogP contribution >= 0.6 is 11.8 Å². The molecular weight excluding hydrogens is 344 g/mol. The van der Waals surface area contributed by atoms with Crippen molar-refractivity contribution in [3.8, 4) is 0 Å². The number of benzene rings is 1. The van der Waals surface area contributed by atoms with Gasteiger partial charge in [-0.25, -0.2) is 8.42 Å². The van der Waals surface area contributed by atoms with Gasteiger partial charge in [0.1, 0.15) is 11.8 Å². The lowest BCUT2D eigenvalue weighted by Crippen LogP contribution is -3.18. The summed E-state index contributed by atoms with van der Waals surface area (Å²) < 4.78 is 23.2. The molecule has 0 radical (unpaired) electrons. The van der Waals surface area contributed by atoms with E-state index in [4.69, 9.17) is 0 Å². The Bertz CT molecular complexity index is 698. The van der Waals surface area contributed by atoms with E-state index in [1.807, 2.05) is 17.0 Å². The van der Waals surface area contributed by atoms with Gasteiger partial charge in [-0.1, -0.05) is 18.2 Å². The molecule has 7 heteroatoms. The molecule has 2 aliphatic rings. The molecule has 0 unspecified atom stereocenters. The van der Waals surface area contributed by atoms with Crippen molar-refractivity contribution >= 4 is 27.5 Å². The number of aryl methyl sites for hydroxylation is 1. The Morgan fingerprint density at radius 1 is 1.29 bits per heavy atom. The van der Waals surface area contributed by atoms with Crippen LogP contribution in [0.5, 0.6) is 0 Å². The summed E-state index contributed by atoms with van der Waals surface area (Å²) in [4.78, 5) is 16.9. The fraction of sp³-hybridized carbons (Fsp3) is 0.588. The van der Waals surface area contributed by atoms with Crippen LogP contribution in [-0.4, -0.2) is 68.7 Å². The van der Waals surface area contributed by atoms with Gasteiger partial charge in [0.2, 0.25) is 5.91 Å². The smallest absolute Gasteiger partial charge is 0.233 e. The number of piperazine rings is 1. The molecule has 0 spiro atoms. The van der Waals surface area contributed by atoms with Crippen LogP contribution in [-0.2, 0) is 14.6 Å². The third-order valence-corrected chi connectivity index (χ3v) is 7.94. The first-order valence-electron chi connectivity index (χ1n) is 8.46. The van der Waals surface area contributed by atoms with Crippen LogP contribution in [0.25, 0.3) is 0 Å². The molecule has 2 saturated heterocycles. The number of carbonyl (C=O) groups is 1. The van der Waals surface area contributed by atoms with Crippen LogP contribution in [0.1, 0.15) is 12.0 Å². The Hall–Kier alpha value is -1.05. The van der Waals surface area contributed by atoms with E-state index in [0.717, 1.165) is 37.5 Å². The molecular formula is C17H25N2O3S2+. The molecule has 3 rings (SSSR count). The SMILES string of the molecule is Cc1ccccc1SCC(=O)N1CC[NH+]([C@H]2CCS(=O)(=O)C2)CC1. The molecule has 1 atom stereocenters. The molecule has 1 aromatic rings. The van der Waals surface area contributed by atoms with E-state index >= 15 is 0 Å². The van der Waals surface area contributed by atoms with Gasteiger partial charge < -0.3 is 9.80 Å². The first-order chi connectivity index (χ1) is 11.4. The van der Waals surface area contributed by atoms with Crippen molar-refractivity contribution in [1.82, 2.24) is 4.90 Å². The van der Waals surface area contributed by atoms with Crippen LogP contribution in [0.4, 0.5) is 0 Å². The highest BCUT2D eigenvalue weighted by atomic mass is 32.2. The number of sulfone groups is 1. The Balaban J connectivity index is 1.46. The summed E-state index contributed by atoms with van der Waals surface area (Å²) in [5.74, 6) is 1.30. The first kappa shape index (κ1) is 17.8. The molecule has 1 aromatic carbocycles. The zero-order valence-electron chi connectivity index (χ0n) is 14.0. The number of rotatable bonds is 4. The third-order valence-electron chi connectivity index (χ3n) is 5.01. The van der Waals surface area contributed by atoms with Gasteiger partial charge in [0.05, 0.1) is 37.7 Å². The molecule has 24 heavy (non-hydrogen) atoms. The topological polar surface area (TPSA) is 58.9 Å². The molecule has 0 aliphatic carbocycles. The Morgan fingerprint density at radius 2 is 2.00 bits per heavy atom. The summed E-state index contributed by atoms with van der Waals surface area (Å²) in [5, 5.41) is 0. The van der Waals surface area contributed by atoms with Gasteiger partial charge in [-0.05, 0) is 18.6 Å². The van der Waals surface area contributed by atoms with Gasteiger partial charge in [0, 0.05) is 11.3 Å². The van der Waals surface area contributed by atoms with E-state index in [-0.39, 0.29) is 11.9 Å². The lowest BCUT2D eigenvalue weighted by Gasteiger charge is -2.35. The molecule has 0 aromatic heterocycles. The van der Waals surface area contributed by atoms with E-state index in [2.05, 4.69) is 19.1 Å². The van der Waals surface area contributed by atoms with Crippen molar-refractivity contribution in [2.45, 2.75) is 24.3 Å². The zero-order valence-corrected chi connectivity index (χ0v) is 15.7. The molecule has 2 aliphatic heterocycles. The molecule has 0 bridgehead atoms. The summed E-state index contributed by atoms with van der Waals surface area (Å²) in [6.07, 6.45) is 0.773. The third kappa shape index (κ3) is 4.32. The van der Waals surface area contributed by atoms with Crippen molar-refractivity contribution in [2.75, 3.05) is 43.4 Å². The maximum atomic E-state index is 12.4. The van der Waals surface area contributed by atoms with E-state index in [1.54, 1.807) is 11.8 Å². The van der Waals surface area contributed by atoms with Gasteiger partial charge in [-0.3, -0.25) is 4.79 Å². The number of hydrogen-bond donors (Lipinski definition) is 1. The minimum absolute atomic E-state index is 0.182. The summed E-state index contributed by atoms with van der Waals surface area (Å²) in [7, 11) is -2.82. The Kier molecular flexibility index (Phi) is 5.52. The van der Waals surface area contributed by atoms with E-state index in [9.17, 15) is 13.2 Å². The van der Waals surface area contributed by atoms with Crippen LogP contribution in [0.3, 0.4) is 0 Å². The van der Waals surface area contributed by atoms with Crippen LogP contribution < -0.4 is 4.90 Å². The van der Waals surface area contributed by atoms with Crippen LogP contribution in [0, 0.1) is 6.92 Å². The number of amides is 1. The molecule has 1 N–H and O–H groups in total. The largest absolute Gasteiger partial charge is 0.331 e. The van der Waals surface area contributed by atoms with Crippen LogP contribution in [0.2, 0.25) is 0 Å². The number of nitrogens with one attached hydrogen (secondary N) is 1. The quantitative estimate of drug-likeness (QED) is 0.759. The summed E-state index contributed by atoms with van der Waals surface area (Å²) >= 11 is 1.60. The highest BCUT2D eigenvalue weighted by Gasteiger charge is 2.37. The molecule has 132 valence electrons. The second-order valence-electron chi connectivity index (χ2n) is 6.69. The summed E-state index contributed by atoms with van der Waals surface area (Å²) in [5.41, 5.74) is 1.20. The second kappa shape index (κ2) is 7.45. The average Bonchev–Trinajstić information content (AvgIpc) is 2.94. The standard InChI is InChI=1S/C17H24N2O3S2/c1-14-4-2-3-5-16(14)23-12-17(20)19-9-7-18(8-10-19)15-6-11-24(21,22)13-15/h2-5,15H,6-13H2,1H3/p+1/t15-/m0/s1. The predicted molar refractivity (Wildman–Crippen MR) is 96.2 cm³/mol. The van der Waals surface area contributed by atoms with Crippen molar-refractivity contribution < 1.29 is 18.1 Å². The number of quaternary nitrogens is 1. The normalized spacial score (nSPS) is 24.2. The first-order valence-corrected chi connectivity index (χ1v) is 11.3. The maximum absolute atomic E-state index is 12.4. The van der Waals surface area contributed by atoms with E-state index in [1.165, 1.54) is 10.5 Å².